The van der Waals surface area contributed by atoms with E-state index in [4.69, 9.17) is 4.74 Å². The van der Waals surface area contributed by atoms with E-state index in [2.05, 4.69) is 11.2 Å². The summed E-state index contributed by atoms with van der Waals surface area (Å²) in [4.78, 5) is 3.06. The van der Waals surface area contributed by atoms with E-state index in [0.29, 0.717) is 0 Å². The van der Waals surface area contributed by atoms with Gasteiger partial charge >= 0.3 is 0 Å². The SMILES string of the molecule is [c]1[nH]c2ccccc2c1Oc1ccccc1. The van der Waals surface area contributed by atoms with Gasteiger partial charge in [0.15, 0.2) is 5.75 Å². The van der Waals surface area contributed by atoms with Crippen molar-refractivity contribution >= 4 is 10.9 Å². The summed E-state index contributed by atoms with van der Waals surface area (Å²) in [5, 5.41) is 1.05. The largest absolute Gasteiger partial charge is 0.454 e. The van der Waals surface area contributed by atoms with Crippen LogP contribution in [0.5, 0.6) is 11.5 Å². The molecule has 2 aromatic carbocycles. The molecule has 0 spiro atoms. The number of aromatic nitrogens is 1. The third-order valence-electron chi connectivity index (χ3n) is 2.45. The van der Waals surface area contributed by atoms with Crippen LogP contribution in [-0.4, -0.2) is 4.98 Å². The first-order valence-electron chi connectivity index (χ1n) is 5.15. The van der Waals surface area contributed by atoms with Gasteiger partial charge in [0.2, 0.25) is 0 Å². The summed E-state index contributed by atoms with van der Waals surface area (Å²) in [6.45, 7) is 0. The standard InChI is InChI=1S/C14H10NO/c1-2-6-11(7-3-1)16-14-10-15-13-9-5-4-8-12(13)14/h1-9,15H. The van der Waals surface area contributed by atoms with Crippen molar-refractivity contribution in [2.75, 3.05) is 0 Å². The van der Waals surface area contributed by atoms with Gasteiger partial charge in [-0.1, -0.05) is 30.3 Å². The quantitative estimate of drug-likeness (QED) is 0.681. The molecule has 0 aliphatic carbocycles. The number of hydrogen-bond acceptors (Lipinski definition) is 1. The van der Waals surface area contributed by atoms with Crippen LogP contribution in [0.3, 0.4) is 0 Å². The number of para-hydroxylation sites is 2. The maximum Gasteiger partial charge on any atom is 0.162 e. The normalized spacial score (nSPS) is 10.5. The first-order chi connectivity index (χ1) is 7.93. The van der Waals surface area contributed by atoms with Crippen molar-refractivity contribution in [2.24, 2.45) is 0 Å². The Morgan fingerprint density at radius 1 is 0.875 bits per heavy atom. The molecule has 1 heterocycles. The summed E-state index contributed by atoms with van der Waals surface area (Å²) >= 11 is 0. The summed E-state index contributed by atoms with van der Waals surface area (Å²) in [6, 6.07) is 17.7. The molecule has 2 heteroatoms. The molecule has 0 saturated heterocycles. The maximum atomic E-state index is 5.74. The monoisotopic (exact) mass is 208 g/mol. The first kappa shape index (κ1) is 9.04. The van der Waals surface area contributed by atoms with Gasteiger partial charge in [-0.3, -0.25) is 0 Å². The average Bonchev–Trinajstić information content (AvgIpc) is 2.74. The van der Waals surface area contributed by atoms with Crippen LogP contribution in [0.4, 0.5) is 0 Å². The first-order valence-corrected chi connectivity index (χ1v) is 5.15. The van der Waals surface area contributed by atoms with Crippen molar-refractivity contribution in [1.29, 1.82) is 0 Å². The lowest BCUT2D eigenvalue weighted by atomic mass is 10.2. The zero-order valence-electron chi connectivity index (χ0n) is 8.60. The minimum absolute atomic E-state index is 0.738. The van der Waals surface area contributed by atoms with Gasteiger partial charge in [-0.05, 0) is 24.3 Å². The Morgan fingerprint density at radius 3 is 2.50 bits per heavy atom. The highest BCUT2D eigenvalue weighted by Gasteiger charge is 2.04. The van der Waals surface area contributed by atoms with Crippen molar-refractivity contribution in [1.82, 2.24) is 4.98 Å². The van der Waals surface area contributed by atoms with Crippen LogP contribution in [0.15, 0.2) is 54.6 Å². The van der Waals surface area contributed by atoms with Crippen LogP contribution < -0.4 is 4.74 Å². The fourth-order valence-corrected chi connectivity index (χ4v) is 1.67. The number of aromatic amines is 1. The Bertz CT molecular complexity index is 598. The Morgan fingerprint density at radius 2 is 1.62 bits per heavy atom. The van der Waals surface area contributed by atoms with E-state index in [1.807, 2.05) is 54.6 Å². The van der Waals surface area contributed by atoms with Crippen LogP contribution in [0.2, 0.25) is 0 Å². The summed E-state index contributed by atoms with van der Waals surface area (Å²) in [6.07, 6.45) is 3.01. The molecule has 0 bridgehead atoms. The Labute approximate surface area is 93.5 Å². The van der Waals surface area contributed by atoms with Crippen LogP contribution in [0.1, 0.15) is 0 Å². The fraction of sp³-hybridized carbons (Fsp3) is 0. The number of H-pyrrole nitrogens is 1. The molecule has 0 amide bonds. The van der Waals surface area contributed by atoms with Crippen LogP contribution in [-0.2, 0) is 0 Å². The van der Waals surface area contributed by atoms with Gasteiger partial charge in [0.05, 0.1) is 0 Å². The molecule has 3 aromatic rings. The second-order valence-corrected chi connectivity index (χ2v) is 3.54. The van der Waals surface area contributed by atoms with E-state index in [1.54, 1.807) is 0 Å². The van der Waals surface area contributed by atoms with Crippen molar-refractivity contribution < 1.29 is 4.74 Å². The number of rotatable bonds is 2. The summed E-state index contributed by atoms with van der Waals surface area (Å²) in [5.41, 5.74) is 1.04. The smallest absolute Gasteiger partial charge is 0.162 e. The van der Waals surface area contributed by atoms with Gasteiger partial charge in [-0.15, -0.1) is 0 Å². The summed E-state index contributed by atoms with van der Waals surface area (Å²) in [5.74, 6) is 1.56. The third-order valence-corrected chi connectivity index (χ3v) is 2.45. The molecule has 0 unspecified atom stereocenters. The van der Waals surface area contributed by atoms with Crippen LogP contribution >= 0.6 is 0 Å². The van der Waals surface area contributed by atoms with Gasteiger partial charge in [0, 0.05) is 10.9 Å². The van der Waals surface area contributed by atoms with Crippen molar-refractivity contribution in [3.63, 3.8) is 0 Å². The van der Waals surface area contributed by atoms with Gasteiger partial charge in [0.25, 0.3) is 0 Å². The van der Waals surface area contributed by atoms with E-state index in [9.17, 15) is 0 Å². The van der Waals surface area contributed by atoms with E-state index in [-0.39, 0.29) is 0 Å². The van der Waals surface area contributed by atoms with Crippen molar-refractivity contribution in [2.45, 2.75) is 0 Å². The number of fused-ring (bicyclic) bond motifs is 1. The average molecular weight is 208 g/mol. The number of ether oxygens (including phenoxy) is 1. The highest BCUT2D eigenvalue weighted by Crippen LogP contribution is 2.28. The zero-order chi connectivity index (χ0) is 10.8. The molecular weight excluding hydrogens is 198 g/mol. The molecule has 16 heavy (non-hydrogen) atoms. The molecule has 77 valence electrons. The predicted molar refractivity (Wildman–Crippen MR) is 63.7 cm³/mol. The van der Waals surface area contributed by atoms with E-state index in [0.717, 1.165) is 22.4 Å². The molecule has 0 saturated carbocycles. The van der Waals surface area contributed by atoms with Gasteiger partial charge < -0.3 is 9.72 Å². The third kappa shape index (κ3) is 1.54. The van der Waals surface area contributed by atoms with Crippen LogP contribution in [0, 0.1) is 6.20 Å². The number of benzene rings is 2. The highest BCUT2D eigenvalue weighted by molar-refractivity contribution is 5.85. The summed E-state index contributed by atoms with van der Waals surface area (Å²) < 4.78 is 5.74. The topological polar surface area (TPSA) is 25.0 Å². The molecule has 3 rings (SSSR count). The van der Waals surface area contributed by atoms with Crippen molar-refractivity contribution in [3.05, 3.63) is 60.8 Å². The van der Waals surface area contributed by atoms with E-state index in [1.165, 1.54) is 0 Å². The molecule has 1 aromatic heterocycles. The van der Waals surface area contributed by atoms with Gasteiger partial charge in [-0.2, -0.15) is 0 Å². The van der Waals surface area contributed by atoms with Gasteiger partial charge in [0.1, 0.15) is 11.9 Å². The Balaban J connectivity index is 2.01. The number of nitrogens with one attached hydrogen (secondary N) is 1. The molecule has 0 atom stereocenters. The summed E-state index contributed by atoms with van der Waals surface area (Å²) in [7, 11) is 0. The lowest BCUT2D eigenvalue weighted by molar-refractivity contribution is 0.487. The lowest BCUT2D eigenvalue weighted by Gasteiger charge is -2.02. The zero-order valence-corrected chi connectivity index (χ0v) is 8.60. The number of hydrogen-bond donors (Lipinski definition) is 1. The second-order valence-electron chi connectivity index (χ2n) is 3.54. The molecule has 1 radical (unpaired) electrons. The fourth-order valence-electron chi connectivity index (χ4n) is 1.67. The van der Waals surface area contributed by atoms with E-state index >= 15 is 0 Å². The highest BCUT2D eigenvalue weighted by atomic mass is 16.5. The lowest BCUT2D eigenvalue weighted by Crippen LogP contribution is -1.81. The van der Waals surface area contributed by atoms with Gasteiger partial charge in [-0.25, -0.2) is 0 Å². The Kier molecular flexibility index (Phi) is 2.11. The van der Waals surface area contributed by atoms with E-state index < -0.39 is 0 Å². The van der Waals surface area contributed by atoms with Crippen LogP contribution in [0.25, 0.3) is 10.9 Å². The molecule has 1 N–H and O–H groups in total. The molecule has 0 aliphatic rings. The second kappa shape index (κ2) is 3.74. The Hall–Kier alpha value is -2.22. The molecule has 0 aliphatic heterocycles. The minimum atomic E-state index is 0.738. The predicted octanol–water partition coefficient (Wildman–Crippen LogP) is 3.76. The maximum absolute atomic E-state index is 5.74. The molecular formula is C14H10NO. The minimum Gasteiger partial charge on any atom is -0.454 e. The van der Waals surface area contributed by atoms with Crippen molar-refractivity contribution in [3.8, 4) is 11.5 Å². The molecule has 0 fully saturated rings. The molecule has 2 nitrogen and oxygen atoms in total.